The van der Waals surface area contributed by atoms with Crippen LogP contribution in [0.4, 0.5) is 10.1 Å². The van der Waals surface area contributed by atoms with Gasteiger partial charge in [0.05, 0.1) is 18.3 Å². The van der Waals surface area contributed by atoms with Gasteiger partial charge in [0.25, 0.3) is 0 Å². The van der Waals surface area contributed by atoms with E-state index in [9.17, 15) is 9.18 Å². The molecule has 156 valence electrons. The van der Waals surface area contributed by atoms with Gasteiger partial charge in [-0.15, -0.1) is 10.2 Å². The maximum atomic E-state index is 14.1. The molecule has 2 heterocycles. The molecule has 0 aliphatic carbocycles. The van der Waals surface area contributed by atoms with Crippen LogP contribution in [0.3, 0.4) is 0 Å². The Morgan fingerprint density at radius 1 is 1.20 bits per heavy atom. The summed E-state index contributed by atoms with van der Waals surface area (Å²) in [7, 11) is 0. The van der Waals surface area contributed by atoms with E-state index in [0.717, 1.165) is 17.1 Å². The average Bonchev–Trinajstić information content (AvgIpc) is 3.17. The first-order valence-electron chi connectivity index (χ1n) is 9.76. The Labute approximate surface area is 178 Å². The quantitative estimate of drug-likeness (QED) is 0.623. The van der Waals surface area contributed by atoms with E-state index in [1.165, 1.54) is 23.9 Å². The predicted octanol–water partition coefficient (Wildman–Crippen LogP) is 3.78. The minimum atomic E-state index is -0.580. The van der Waals surface area contributed by atoms with Crippen molar-refractivity contribution in [3.05, 3.63) is 65.7 Å². The van der Waals surface area contributed by atoms with Crippen LogP contribution in [-0.2, 0) is 11.2 Å². The van der Waals surface area contributed by atoms with Gasteiger partial charge < -0.3 is 15.5 Å². The van der Waals surface area contributed by atoms with Crippen LogP contribution in [0.2, 0.25) is 0 Å². The van der Waals surface area contributed by atoms with E-state index in [1.54, 1.807) is 12.1 Å². The largest absolute Gasteiger partial charge is 0.494 e. The van der Waals surface area contributed by atoms with Gasteiger partial charge in [-0.2, -0.15) is 0 Å². The number of halogens is 1. The first-order valence-corrected chi connectivity index (χ1v) is 10.6. The number of nitrogens with zero attached hydrogens (tertiary/aromatic N) is 3. The molecule has 1 aliphatic heterocycles. The number of rotatable bonds is 6. The summed E-state index contributed by atoms with van der Waals surface area (Å²) >= 11 is 1.30. The number of carbonyl (C=O) groups is 1. The monoisotopic (exact) mass is 427 g/mol. The van der Waals surface area contributed by atoms with Crippen LogP contribution in [0, 0.1) is 5.82 Å². The van der Waals surface area contributed by atoms with Crippen molar-refractivity contribution in [3.8, 4) is 5.75 Å². The minimum absolute atomic E-state index is 0.148. The molecule has 0 spiro atoms. The average molecular weight is 428 g/mol. The van der Waals surface area contributed by atoms with Crippen molar-refractivity contribution in [1.82, 2.24) is 14.9 Å². The molecule has 1 amide bonds. The van der Waals surface area contributed by atoms with E-state index in [0.29, 0.717) is 18.2 Å². The molecular formula is C21H22FN5O2S. The third-order valence-corrected chi connectivity index (χ3v) is 5.98. The summed E-state index contributed by atoms with van der Waals surface area (Å²) in [5, 5.41) is 11.1. The minimum Gasteiger partial charge on any atom is -0.494 e. The second-order valence-corrected chi connectivity index (χ2v) is 7.81. The fourth-order valence-corrected chi connectivity index (χ4v) is 4.38. The van der Waals surface area contributed by atoms with Gasteiger partial charge in [0.1, 0.15) is 16.8 Å². The molecule has 1 aromatic heterocycles. The lowest BCUT2D eigenvalue weighted by Gasteiger charge is -2.33. The van der Waals surface area contributed by atoms with Crippen LogP contribution in [0.25, 0.3) is 0 Å². The fourth-order valence-electron chi connectivity index (χ4n) is 3.28. The van der Waals surface area contributed by atoms with E-state index in [2.05, 4.69) is 20.9 Å². The zero-order chi connectivity index (χ0) is 21.1. The Balaban J connectivity index is 1.66. The number of aromatic nitrogens is 3. The summed E-state index contributed by atoms with van der Waals surface area (Å²) in [5.41, 5.74) is 4.42. The zero-order valence-corrected chi connectivity index (χ0v) is 17.4. The number of hydrogen-bond acceptors (Lipinski definition) is 6. The van der Waals surface area contributed by atoms with Crippen LogP contribution in [0.5, 0.6) is 5.75 Å². The number of ether oxygens (including phenoxy) is 1. The van der Waals surface area contributed by atoms with Gasteiger partial charge in [0, 0.05) is 6.42 Å². The molecule has 0 saturated heterocycles. The van der Waals surface area contributed by atoms with E-state index >= 15 is 0 Å². The Bertz CT molecular complexity index is 1040. The molecule has 7 nitrogen and oxygen atoms in total. The van der Waals surface area contributed by atoms with Crippen LogP contribution in [0.15, 0.2) is 53.7 Å². The number of anilines is 1. The van der Waals surface area contributed by atoms with E-state index in [1.807, 2.05) is 42.8 Å². The number of benzene rings is 2. The number of hydrogen-bond donors (Lipinski definition) is 2. The zero-order valence-electron chi connectivity index (χ0n) is 16.6. The lowest BCUT2D eigenvalue weighted by atomic mass is 10.0. The maximum absolute atomic E-state index is 14.1. The smallest absolute Gasteiger partial charge is 0.240 e. The highest BCUT2D eigenvalue weighted by Crippen LogP contribution is 2.38. The summed E-state index contributed by atoms with van der Waals surface area (Å²) in [5.74, 6) is 0.746. The fraction of sp³-hybridized carbons (Fsp3) is 0.286. The van der Waals surface area contributed by atoms with Gasteiger partial charge in [-0.3, -0.25) is 4.79 Å². The van der Waals surface area contributed by atoms with Crippen molar-refractivity contribution >= 4 is 23.4 Å². The molecule has 0 fully saturated rings. The van der Waals surface area contributed by atoms with Crippen molar-refractivity contribution in [2.75, 3.05) is 17.3 Å². The molecule has 4 rings (SSSR count). The summed E-state index contributed by atoms with van der Waals surface area (Å²) in [4.78, 5) is 13.1. The number of amides is 1. The van der Waals surface area contributed by atoms with Crippen LogP contribution < -0.4 is 15.5 Å². The van der Waals surface area contributed by atoms with Crippen molar-refractivity contribution in [2.24, 2.45) is 0 Å². The van der Waals surface area contributed by atoms with Gasteiger partial charge in [0.15, 0.2) is 5.82 Å². The first-order chi connectivity index (χ1) is 14.6. The third-order valence-electron chi connectivity index (χ3n) is 4.76. The highest BCUT2D eigenvalue weighted by atomic mass is 32.2. The topological polar surface area (TPSA) is 81.1 Å². The summed E-state index contributed by atoms with van der Waals surface area (Å²) in [6.07, 6.45) is 0.697. The molecule has 2 aromatic carbocycles. The standard InChI is InChI=1S/C21H22FN5O2S/c1-3-17-24-25-21-27(17)26-18(13-9-11-14(12-10-13)29-4-2)19(30-21)20(28)23-16-8-6-5-7-15(16)22/h5-12,18-19,26H,3-4H2,1-2H3,(H,23,28). The lowest BCUT2D eigenvalue weighted by molar-refractivity contribution is -0.116. The summed E-state index contributed by atoms with van der Waals surface area (Å²) < 4.78 is 21.4. The van der Waals surface area contributed by atoms with Crippen LogP contribution in [-0.4, -0.2) is 32.6 Å². The SMILES string of the molecule is CCOc1ccc(C2Nn3c(CC)nnc3SC2C(=O)Nc2ccccc2F)cc1. The summed E-state index contributed by atoms with van der Waals surface area (Å²) in [6.45, 7) is 4.50. The molecule has 0 saturated carbocycles. The Hall–Kier alpha value is -3.07. The highest BCUT2D eigenvalue weighted by molar-refractivity contribution is 8.00. The van der Waals surface area contributed by atoms with Crippen molar-refractivity contribution in [1.29, 1.82) is 0 Å². The second kappa shape index (κ2) is 8.74. The lowest BCUT2D eigenvalue weighted by Crippen LogP contribution is -2.41. The van der Waals surface area contributed by atoms with E-state index in [4.69, 9.17) is 4.74 Å². The first kappa shape index (κ1) is 20.2. The van der Waals surface area contributed by atoms with Crippen molar-refractivity contribution < 1.29 is 13.9 Å². The number of nitrogens with one attached hydrogen (secondary N) is 2. The van der Waals surface area contributed by atoms with Crippen molar-refractivity contribution in [3.63, 3.8) is 0 Å². The number of para-hydroxylation sites is 1. The van der Waals surface area contributed by atoms with Gasteiger partial charge >= 0.3 is 0 Å². The third kappa shape index (κ3) is 3.97. The summed E-state index contributed by atoms with van der Waals surface area (Å²) in [6, 6.07) is 13.3. The molecule has 2 unspecified atom stereocenters. The molecule has 2 N–H and O–H groups in total. The molecule has 30 heavy (non-hydrogen) atoms. The molecule has 0 bridgehead atoms. The van der Waals surface area contributed by atoms with Gasteiger partial charge in [-0.25, -0.2) is 9.07 Å². The number of thioether (sulfide) groups is 1. The van der Waals surface area contributed by atoms with Gasteiger partial charge in [-0.1, -0.05) is 43.0 Å². The van der Waals surface area contributed by atoms with Gasteiger partial charge in [-0.05, 0) is 36.8 Å². The molecular weight excluding hydrogens is 405 g/mol. The van der Waals surface area contributed by atoms with Gasteiger partial charge in [0.2, 0.25) is 11.1 Å². The molecule has 1 aliphatic rings. The normalized spacial score (nSPS) is 17.7. The Kier molecular flexibility index (Phi) is 5.89. The molecule has 0 radical (unpaired) electrons. The molecule has 3 aromatic rings. The van der Waals surface area contributed by atoms with Crippen LogP contribution >= 0.6 is 11.8 Å². The van der Waals surface area contributed by atoms with E-state index in [-0.39, 0.29) is 17.6 Å². The van der Waals surface area contributed by atoms with Crippen molar-refractivity contribution in [2.45, 2.75) is 36.7 Å². The maximum Gasteiger partial charge on any atom is 0.240 e. The highest BCUT2D eigenvalue weighted by Gasteiger charge is 2.37. The Morgan fingerprint density at radius 3 is 2.67 bits per heavy atom. The van der Waals surface area contributed by atoms with Crippen LogP contribution in [0.1, 0.15) is 31.3 Å². The second-order valence-electron chi connectivity index (χ2n) is 6.70. The molecule has 9 heteroatoms. The number of carbonyl (C=O) groups excluding carboxylic acids is 1. The number of fused-ring (bicyclic) bond motifs is 1. The molecule has 2 atom stereocenters. The predicted molar refractivity (Wildman–Crippen MR) is 114 cm³/mol. The number of aryl methyl sites for hydroxylation is 1. The van der Waals surface area contributed by atoms with E-state index < -0.39 is 11.1 Å². The Morgan fingerprint density at radius 2 is 1.97 bits per heavy atom.